The highest BCUT2D eigenvalue weighted by molar-refractivity contribution is 5.76. The molecule has 4 nitrogen and oxygen atoms in total. The molecule has 0 spiro atoms. The highest BCUT2D eigenvalue weighted by Gasteiger charge is 2.17. The van der Waals surface area contributed by atoms with Crippen LogP contribution in [-0.2, 0) is 0 Å². The van der Waals surface area contributed by atoms with Gasteiger partial charge in [-0.1, -0.05) is 26.7 Å². The van der Waals surface area contributed by atoms with Gasteiger partial charge in [-0.3, -0.25) is 0 Å². The van der Waals surface area contributed by atoms with Crippen molar-refractivity contribution in [2.75, 3.05) is 32.7 Å². The molecule has 1 heterocycles. The van der Waals surface area contributed by atoms with Crippen LogP contribution in [0.3, 0.4) is 0 Å². The van der Waals surface area contributed by atoms with Crippen LogP contribution in [0.1, 0.15) is 33.1 Å². The van der Waals surface area contributed by atoms with Crippen molar-refractivity contribution in [2.24, 2.45) is 5.92 Å². The third-order valence-corrected chi connectivity index (χ3v) is 2.89. The number of amides is 2. The van der Waals surface area contributed by atoms with Gasteiger partial charge in [-0.05, 0) is 18.9 Å². The van der Waals surface area contributed by atoms with Gasteiger partial charge >= 0.3 is 6.03 Å². The minimum absolute atomic E-state index is 0.0848. The third-order valence-electron chi connectivity index (χ3n) is 2.89. The van der Waals surface area contributed by atoms with Crippen molar-refractivity contribution in [1.82, 2.24) is 15.5 Å². The van der Waals surface area contributed by atoms with Crippen LogP contribution in [0.4, 0.5) is 4.79 Å². The molecule has 0 aromatic heterocycles. The standard InChI is InChI=1S/C12H25N3O/c1-11(2)5-3-4-6-13-7-9-15-10-8-14-12(15)16/h11,13H,3-10H2,1-2H3,(H,14,16). The Kier molecular flexibility index (Phi) is 6.23. The molecule has 1 fully saturated rings. The van der Waals surface area contributed by atoms with E-state index < -0.39 is 0 Å². The van der Waals surface area contributed by atoms with Crippen LogP contribution in [0.25, 0.3) is 0 Å². The number of unbranched alkanes of at least 4 members (excludes halogenated alkanes) is 1. The van der Waals surface area contributed by atoms with Crippen molar-refractivity contribution in [3.63, 3.8) is 0 Å². The van der Waals surface area contributed by atoms with E-state index in [4.69, 9.17) is 0 Å². The van der Waals surface area contributed by atoms with Crippen molar-refractivity contribution in [3.05, 3.63) is 0 Å². The lowest BCUT2D eigenvalue weighted by molar-refractivity contribution is 0.217. The maximum atomic E-state index is 11.2. The van der Waals surface area contributed by atoms with Gasteiger partial charge in [-0.25, -0.2) is 4.79 Å². The average molecular weight is 227 g/mol. The summed E-state index contributed by atoms with van der Waals surface area (Å²) < 4.78 is 0. The summed E-state index contributed by atoms with van der Waals surface area (Å²) in [6, 6.07) is 0.0848. The number of carbonyl (C=O) groups excluding carboxylic acids is 1. The zero-order valence-electron chi connectivity index (χ0n) is 10.6. The predicted octanol–water partition coefficient (Wildman–Crippen LogP) is 1.43. The lowest BCUT2D eigenvalue weighted by Gasteiger charge is -2.14. The van der Waals surface area contributed by atoms with E-state index in [9.17, 15) is 4.79 Å². The fourth-order valence-electron chi connectivity index (χ4n) is 1.87. The van der Waals surface area contributed by atoms with Gasteiger partial charge in [0.25, 0.3) is 0 Å². The molecule has 0 aliphatic carbocycles. The molecular weight excluding hydrogens is 202 g/mol. The van der Waals surface area contributed by atoms with E-state index in [0.29, 0.717) is 0 Å². The molecule has 1 saturated heterocycles. The van der Waals surface area contributed by atoms with E-state index in [2.05, 4.69) is 24.5 Å². The third kappa shape index (κ3) is 5.35. The number of hydrogen-bond acceptors (Lipinski definition) is 2. The van der Waals surface area contributed by atoms with Crippen LogP contribution in [0.5, 0.6) is 0 Å². The van der Waals surface area contributed by atoms with E-state index in [1.807, 2.05) is 4.90 Å². The van der Waals surface area contributed by atoms with Crippen molar-refractivity contribution in [3.8, 4) is 0 Å². The van der Waals surface area contributed by atoms with Gasteiger partial charge in [-0.15, -0.1) is 0 Å². The van der Waals surface area contributed by atoms with Crippen LogP contribution in [0.15, 0.2) is 0 Å². The summed E-state index contributed by atoms with van der Waals surface area (Å²) in [6.07, 6.45) is 3.86. The topological polar surface area (TPSA) is 44.4 Å². The van der Waals surface area contributed by atoms with Crippen molar-refractivity contribution < 1.29 is 4.79 Å². The second kappa shape index (κ2) is 7.49. The first-order valence-electron chi connectivity index (χ1n) is 6.43. The number of urea groups is 1. The minimum Gasteiger partial charge on any atom is -0.336 e. The molecule has 94 valence electrons. The smallest absolute Gasteiger partial charge is 0.317 e. The molecule has 0 aromatic rings. The van der Waals surface area contributed by atoms with Crippen molar-refractivity contribution in [2.45, 2.75) is 33.1 Å². The van der Waals surface area contributed by atoms with E-state index >= 15 is 0 Å². The second-order valence-corrected chi connectivity index (χ2v) is 4.86. The molecule has 0 saturated carbocycles. The van der Waals surface area contributed by atoms with Gasteiger partial charge in [0.05, 0.1) is 0 Å². The first kappa shape index (κ1) is 13.3. The number of rotatable bonds is 8. The summed E-state index contributed by atoms with van der Waals surface area (Å²) in [5.74, 6) is 0.813. The van der Waals surface area contributed by atoms with Crippen LogP contribution in [-0.4, -0.2) is 43.7 Å². The normalized spacial score (nSPS) is 15.9. The van der Waals surface area contributed by atoms with Crippen molar-refractivity contribution >= 4 is 6.03 Å². The molecule has 4 heteroatoms. The summed E-state index contributed by atoms with van der Waals surface area (Å²) in [5.41, 5.74) is 0. The molecule has 0 bridgehead atoms. The predicted molar refractivity (Wildman–Crippen MR) is 66.5 cm³/mol. The zero-order chi connectivity index (χ0) is 11.8. The SMILES string of the molecule is CC(C)CCCCNCCN1CCNC1=O. The highest BCUT2D eigenvalue weighted by atomic mass is 16.2. The Morgan fingerprint density at radius 2 is 2.19 bits per heavy atom. The van der Waals surface area contributed by atoms with E-state index in [-0.39, 0.29) is 6.03 Å². The molecular formula is C12H25N3O. The molecule has 0 radical (unpaired) electrons. The molecule has 1 aliphatic rings. The van der Waals surface area contributed by atoms with Crippen molar-refractivity contribution in [1.29, 1.82) is 0 Å². The fraction of sp³-hybridized carbons (Fsp3) is 0.917. The molecule has 0 unspecified atom stereocenters. The van der Waals surface area contributed by atoms with E-state index in [1.54, 1.807) is 0 Å². The summed E-state index contributed by atoms with van der Waals surface area (Å²) in [6.45, 7) is 8.99. The Labute approximate surface area is 98.8 Å². The van der Waals surface area contributed by atoms with Gasteiger partial charge in [0, 0.05) is 26.2 Å². The lowest BCUT2D eigenvalue weighted by atomic mass is 10.1. The molecule has 0 aromatic carbocycles. The first-order chi connectivity index (χ1) is 7.70. The maximum absolute atomic E-state index is 11.2. The Hall–Kier alpha value is -0.770. The molecule has 1 rings (SSSR count). The van der Waals surface area contributed by atoms with Crippen LogP contribution < -0.4 is 10.6 Å². The summed E-state index contributed by atoms with van der Waals surface area (Å²) in [7, 11) is 0. The zero-order valence-corrected chi connectivity index (χ0v) is 10.6. The average Bonchev–Trinajstić information content (AvgIpc) is 2.62. The minimum atomic E-state index is 0.0848. The fourth-order valence-corrected chi connectivity index (χ4v) is 1.87. The largest absolute Gasteiger partial charge is 0.336 e. The van der Waals surface area contributed by atoms with E-state index in [1.165, 1.54) is 19.3 Å². The monoisotopic (exact) mass is 227 g/mol. The van der Waals surface area contributed by atoms with E-state index in [0.717, 1.165) is 38.6 Å². The maximum Gasteiger partial charge on any atom is 0.317 e. The summed E-state index contributed by atoms with van der Waals surface area (Å²) in [5, 5.41) is 6.19. The number of hydrogen-bond donors (Lipinski definition) is 2. The highest BCUT2D eigenvalue weighted by Crippen LogP contribution is 2.04. The van der Waals surface area contributed by atoms with Gasteiger partial charge < -0.3 is 15.5 Å². The van der Waals surface area contributed by atoms with Crippen LogP contribution >= 0.6 is 0 Å². The Balaban J connectivity index is 1.86. The van der Waals surface area contributed by atoms with Gasteiger partial charge in [-0.2, -0.15) is 0 Å². The Morgan fingerprint density at radius 3 is 2.81 bits per heavy atom. The molecule has 1 aliphatic heterocycles. The Morgan fingerprint density at radius 1 is 1.38 bits per heavy atom. The number of nitrogens with zero attached hydrogens (tertiary/aromatic N) is 1. The molecule has 0 atom stereocenters. The lowest BCUT2D eigenvalue weighted by Crippen LogP contribution is -2.34. The molecule has 16 heavy (non-hydrogen) atoms. The van der Waals surface area contributed by atoms with Crippen LogP contribution in [0.2, 0.25) is 0 Å². The first-order valence-corrected chi connectivity index (χ1v) is 6.43. The molecule has 2 amide bonds. The number of carbonyl (C=O) groups is 1. The van der Waals surface area contributed by atoms with Gasteiger partial charge in [0.1, 0.15) is 0 Å². The van der Waals surface area contributed by atoms with Crippen LogP contribution in [0, 0.1) is 5.92 Å². The summed E-state index contributed by atoms with van der Waals surface area (Å²) in [4.78, 5) is 13.1. The molecule has 2 N–H and O–H groups in total. The van der Waals surface area contributed by atoms with Gasteiger partial charge in [0.15, 0.2) is 0 Å². The summed E-state index contributed by atoms with van der Waals surface area (Å²) >= 11 is 0. The number of nitrogens with one attached hydrogen (secondary N) is 2. The quantitative estimate of drug-likeness (QED) is 0.616. The Bertz CT molecular complexity index is 206. The van der Waals surface area contributed by atoms with Gasteiger partial charge in [0.2, 0.25) is 0 Å². The second-order valence-electron chi connectivity index (χ2n) is 4.86.